The fourth-order valence-corrected chi connectivity index (χ4v) is 6.79. The second kappa shape index (κ2) is 19.7. The molecule has 65 heavy (non-hydrogen) atoms. The summed E-state index contributed by atoms with van der Waals surface area (Å²) in [6.45, 7) is -0.607. The minimum absolute atomic E-state index is 0.0577. The van der Waals surface area contributed by atoms with E-state index in [1.54, 1.807) is 91.0 Å². The predicted octanol–water partition coefficient (Wildman–Crippen LogP) is 7.36. The third-order valence-electron chi connectivity index (χ3n) is 10.0. The first-order chi connectivity index (χ1) is 31.6. The molecular weight excluding hydrogens is 841 g/mol. The number of esters is 5. The first-order valence-corrected chi connectivity index (χ1v) is 20.0. The van der Waals surface area contributed by atoms with Crippen LogP contribution in [0, 0.1) is 0 Å². The second-order valence-electron chi connectivity index (χ2n) is 14.3. The van der Waals surface area contributed by atoms with Gasteiger partial charge in [-0.15, -0.1) is 0 Å². The lowest BCUT2D eigenvalue weighted by Gasteiger charge is -2.44. The summed E-state index contributed by atoms with van der Waals surface area (Å²) < 4.78 is 47.3. The smallest absolute Gasteiger partial charge is 0.383 e. The molecule has 1 N–H and O–H groups in total. The number of carbonyl (C=O) groups excluding carboxylic acids is 5. The number of hydrogen-bond donors (Lipinski definition) is 1. The average molecular weight is 877 g/mol. The molecule has 2 heterocycles. The number of rotatable bonds is 13. The molecule has 326 valence electrons. The van der Waals surface area contributed by atoms with Crippen molar-refractivity contribution < 1.29 is 66.7 Å². The molecule has 1 fully saturated rings. The predicted molar refractivity (Wildman–Crippen MR) is 228 cm³/mol. The Bertz CT molecular complexity index is 2870. The van der Waals surface area contributed by atoms with Crippen molar-refractivity contribution >= 4 is 40.8 Å². The summed E-state index contributed by atoms with van der Waals surface area (Å²) in [6.07, 6.45) is -8.29. The number of fused-ring (bicyclic) bond motifs is 1. The Kier molecular flexibility index (Phi) is 13.0. The zero-order valence-electron chi connectivity index (χ0n) is 33.9. The lowest BCUT2D eigenvalue weighted by molar-refractivity contribution is -0.275. The van der Waals surface area contributed by atoms with Crippen molar-refractivity contribution in [3.8, 4) is 17.2 Å². The third kappa shape index (κ3) is 10.1. The number of aromatic hydroxyl groups is 1. The van der Waals surface area contributed by atoms with Crippen LogP contribution in [0.15, 0.2) is 179 Å². The Balaban J connectivity index is 1.19. The summed E-state index contributed by atoms with van der Waals surface area (Å²) in [6, 6.07) is 43.3. The van der Waals surface area contributed by atoms with Gasteiger partial charge in [0.1, 0.15) is 24.0 Å². The largest absolute Gasteiger partial charge is 0.504 e. The highest BCUT2D eigenvalue weighted by molar-refractivity contribution is 5.94. The molecule has 15 nitrogen and oxygen atoms in total. The molecule has 1 aliphatic heterocycles. The van der Waals surface area contributed by atoms with Gasteiger partial charge in [-0.2, -0.15) is 0 Å². The van der Waals surface area contributed by atoms with Gasteiger partial charge in [0, 0.05) is 6.07 Å². The van der Waals surface area contributed by atoms with Crippen LogP contribution in [-0.4, -0.2) is 72.3 Å². The quantitative estimate of drug-likeness (QED) is 0.0684. The molecule has 7 aromatic rings. The van der Waals surface area contributed by atoms with Crippen LogP contribution >= 0.6 is 0 Å². The molecule has 0 amide bonds. The van der Waals surface area contributed by atoms with Crippen molar-refractivity contribution in [2.24, 2.45) is 0 Å². The summed E-state index contributed by atoms with van der Waals surface area (Å²) in [5.74, 6) is -5.96. The number of ether oxygens (including phenoxy) is 7. The van der Waals surface area contributed by atoms with Crippen molar-refractivity contribution in [2.45, 2.75) is 30.7 Å². The van der Waals surface area contributed by atoms with Gasteiger partial charge in [-0.1, -0.05) is 91.0 Å². The van der Waals surface area contributed by atoms with Crippen LogP contribution in [0.2, 0.25) is 0 Å². The molecule has 1 saturated heterocycles. The molecular formula is C50H36O15. The van der Waals surface area contributed by atoms with E-state index in [1.165, 1.54) is 78.9 Å². The van der Waals surface area contributed by atoms with E-state index in [1.807, 2.05) is 0 Å². The number of benzene rings is 6. The zero-order chi connectivity index (χ0) is 45.3. The Morgan fingerprint density at radius 2 is 0.938 bits per heavy atom. The Hall–Kier alpha value is -8.56. The molecule has 1 aromatic heterocycles. The molecule has 6 aromatic carbocycles. The maximum Gasteiger partial charge on any atom is 0.383 e. The number of carbonyl (C=O) groups is 5. The van der Waals surface area contributed by atoms with E-state index in [0.717, 1.165) is 0 Å². The van der Waals surface area contributed by atoms with Crippen molar-refractivity contribution in [2.75, 3.05) is 6.61 Å². The first-order valence-electron chi connectivity index (χ1n) is 20.0. The Morgan fingerprint density at radius 1 is 0.508 bits per heavy atom. The van der Waals surface area contributed by atoms with Gasteiger partial charge in [0.25, 0.3) is 5.75 Å². The van der Waals surface area contributed by atoms with Gasteiger partial charge < -0.3 is 42.7 Å². The van der Waals surface area contributed by atoms with Crippen LogP contribution in [0.1, 0.15) is 51.8 Å². The Labute approximate surface area is 369 Å². The topological polar surface area (TPSA) is 200 Å². The van der Waals surface area contributed by atoms with E-state index in [-0.39, 0.29) is 44.5 Å². The summed E-state index contributed by atoms with van der Waals surface area (Å²) in [5.41, 5.74) is -0.844. The monoisotopic (exact) mass is 876 g/mol. The van der Waals surface area contributed by atoms with E-state index in [9.17, 15) is 33.9 Å². The molecule has 1 aliphatic rings. The van der Waals surface area contributed by atoms with E-state index in [4.69, 9.17) is 37.6 Å². The van der Waals surface area contributed by atoms with Gasteiger partial charge in [-0.05, 0) is 72.8 Å². The molecule has 0 unspecified atom stereocenters. The molecule has 15 heteroatoms. The number of hydrogen-bond acceptors (Lipinski definition) is 15. The van der Waals surface area contributed by atoms with Crippen molar-refractivity contribution in [3.05, 3.63) is 208 Å². The summed E-state index contributed by atoms with van der Waals surface area (Å²) in [4.78, 5) is 80.9. The summed E-state index contributed by atoms with van der Waals surface area (Å²) >= 11 is 0. The van der Waals surface area contributed by atoms with Crippen LogP contribution < -0.4 is 15.1 Å². The molecule has 0 aliphatic carbocycles. The van der Waals surface area contributed by atoms with Gasteiger partial charge in [-0.3, -0.25) is 0 Å². The lowest BCUT2D eigenvalue weighted by Crippen LogP contribution is -2.63. The van der Waals surface area contributed by atoms with Crippen LogP contribution in [0.25, 0.3) is 11.0 Å². The van der Waals surface area contributed by atoms with E-state index < -0.39 is 84.3 Å². The van der Waals surface area contributed by atoms with Gasteiger partial charge >= 0.3 is 35.5 Å². The zero-order valence-corrected chi connectivity index (χ0v) is 33.9. The molecule has 5 atom stereocenters. The molecule has 0 saturated carbocycles. The molecule has 0 spiro atoms. The second-order valence-corrected chi connectivity index (χ2v) is 14.3. The van der Waals surface area contributed by atoms with Gasteiger partial charge in [0.15, 0.2) is 18.0 Å². The SMILES string of the molecule is O=C(OC[C@H]1O[C@@H](Oc2ccc3c(O)c(OC(=O)c4ccccc4)c(=O)oc3c2)[C@H](OC(=O)c2ccccc2)[C@@H](OC(=O)c2ccccc2)[C@H]1OC(=O)c1ccccc1)c1ccccc1. The average Bonchev–Trinajstić information content (AvgIpc) is 3.35. The minimum atomic E-state index is -1.74. The lowest BCUT2D eigenvalue weighted by atomic mass is 9.97. The fourth-order valence-electron chi connectivity index (χ4n) is 6.79. The summed E-state index contributed by atoms with van der Waals surface area (Å²) in [5, 5.41) is 11.1. The van der Waals surface area contributed by atoms with Crippen molar-refractivity contribution in [1.82, 2.24) is 0 Å². The van der Waals surface area contributed by atoms with Crippen molar-refractivity contribution in [1.29, 1.82) is 0 Å². The molecule has 0 bridgehead atoms. The van der Waals surface area contributed by atoms with Crippen LogP contribution in [0.5, 0.6) is 17.2 Å². The first kappa shape index (κ1) is 43.1. The third-order valence-corrected chi connectivity index (χ3v) is 10.0. The van der Waals surface area contributed by atoms with Gasteiger partial charge in [0.05, 0.1) is 33.2 Å². The maximum atomic E-state index is 14.0. The highest BCUT2D eigenvalue weighted by Gasteiger charge is 2.54. The normalized spacial score (nSPS) is 17.8. The highest BCUT2D eigenvalue weighted by Crippen LogP contribution is 2.36. The highest BCUT2D eigenvalue weighted by atomic mass is 16.7. The van der Waals surface area contributed by atoms with Crippen LogP contribution in [0.4, 0.5) is 0 Å². The van der Waals surface area contributed by atoms with E-state index in [2.05, 4.69) is 0 Å². The molecule has 8 rings (SSSR count). The van der Waals surface area contributed by atoms with Crippen molar-refractivity contribution in [3.63, 3.8) is 0 Å². The minimum Gasteiger partial charge on any atom is -0.504 e. The maximum absolute atomic E-state index is 14.0. The Morgan fingerprint density at radius 3 is 1.43 bits per heavy atom. The van der Waals surface area contributed by atoms with Gasteiger partial charge in [0.2, 0.25) is 12.4 Å². The van der Waals surface area contributed by atoms with Crippen LogP contribution in [0.3, 0.4) is 0 Å². The standard InChI is InChI=1S/C50H36O15/c51-39-36-27-26-35(28-37(36)60-49(57)41(39)63-46(54)32-20-10-3-11-21-32)59-50-43(65-48(56)34-24-14-5-15-25-34)42(64-47(55)33-22-12-4-13-23-33)40(62-45(53)31-18-8-2-9-19-31)38(61-50)29-58-44(52)30-16-6-1-7-17-30/h1-28,38,40,42-43,50-51H,29H2/t38-,40+,42+,43-,50-/m1/s1. The van der Waals surface area contributed by atoms with E-state index >= 15 is 0 Å². The van der Waals surface area contributed by atoms with E-state index in [0.29, 0.717) is 0 Å². The van der Waals surface area contributed by atoms with Gasteiger partial charge in [-0.25, -0.2) is 28.8 Å². The fraction of sp³-hybridized carbons (Fsp3) is 0.120. The summed E-state index contributed by atoms with van der Waals surface area (Å²) in [7, 11) is 0. The molecule has 0 radical (unpaired) electrons. The van der Waals surface area contributed by atoms with Crippen LogP contribution in [-0.2, 0) is 23.7 Å².